The fourth-order valence-electron chi connectivity index (χ4n) is 4.82. The highest BCUT2D eigenvalue weighted by Gasteiger charge is 2.32. The molecule has 2 aliphatic heterocycles. The van der Waals surface area contributed by atoms with E-state index in [1.807, 2.05) is 37.2 Å². The van der Waals surface area contributed by atoms with Crippen molar-refractivity contribution in [3.63, 3.8) is 0 Å². The van der Waals surface area contributed by atoms with Gasteiger partial charge in [0.05, 0.1) is 27.6 Å². The fraction of sp³-hybridized carbons (Fsp3) is 0.345. The third kappa shape index (κ3) is 7.26. The second kappa shape index (κ2) is 12.5. The molecule has 0 spiro atoms. The van der Waals surface area contributed by atoms with Gasteiger partial charge in [-0.25, -0.2) is 9.97 Å². The van der Waals surface area contributed by atoms with Crippen LogP contribution in [0.5, 0.6) is 0 Å². The fourth-order valence-corrected chi connectivity index (χ4v) is 5.49. The van der Waals surface area contributed by atoms with Gasteiger partial charge in [0, 0.05) is 51.2 Å². The number of nitrogens with one attached hydrogen (secondary N) is 2. The van der Waals surface area contributed by atoms with Gasteiger partial charge >= 0.3 is 6.18 Å². The van der Waals surface area contributed by atoms with Crippen molar-refractivity contribution in [2.24, 2.45) is 5.92 Å². The van der Waals surface area contributed by atoms with Crippen molar-refractivity contribution in [3.05, 3.63) is 70.5 Å². The predicted molar refractivity (Wildman–Crippen MR) is 157 cm³/mol. The van der Waals surface area contributed by atoms with Crippen LogP contribution in [0.3, 0.4) is 0 Å². The number of aromatic nitrogens is 3. The summed E-state index contributed by atoms with van der Waals surface area (Å²) in [6.07, 6.45) is 0.418. The maximum atomic E-state index is 13.7. The number of thioether (sulfide) groups is 1. The van der Waals surface area contributed by atoms with Crippen molar-refractivity contribution in [1.82, 2.24) is 25.6 Å². The average molecular weight is 598 g/mol. The van der Waals surface area contributed by atoms with Crippen molar-refractivity contribution in [2.45, 2.75) is 25.6 Å². The van der Waals surface area contributed by atoms with E-state index >= 15 is 0 Å². The minimum absolute atomic E-state index is 0.221. The van der Waals surface area contributed by atoms with Crippen LogP contribution in [-0.4, -0.2) is 59.8 Å². The number of amides is 2. The van der Waals surface area contributed by atoms with Crippen LogP contribution in [0.4, 0.5) is 29.6 Å². The van der Waals surface area contributed by atoms with Gasteiger partial charge in [-0.1, -0.05) is 12.1 Å². The zero-order valence-corrected chi connectivity index (χ0v) is 23.9. The molecule has 0 bridgehead atoms. The van der Waals surface area contributed by atoms with Crippen molar-refractivity contribution in [3.8, 4) is 11.3 Å². The van der Waals surface area contributed by atoms with Gasteiger partial charge in [0.15, 0.2) is 0 Å². The number of alkyl halides is 3. The number of rotatable bonds is 8. The molecule has 3 aromatic rings. The SMILES string of the molecule is CN(C)c1cccc(-c2cc(C(F)(F)F)cc(CNCC3CCN(c4nccc(/C=C5\SC(=O)NC5=O)n4)CC3)n2)c1. The molecule has 0 atom stereocenters. The molecule has 2 fully saturated rings. The molecule has 5 rings (SSSR count). The maximum absolute atomic E-state index is 13.7. The molecule has 4 heterocycles. The van der Waals surface area contributed by atoms with E-state index in [-0.39, 0.29) is 12.2 Å². The first-order valence-corrected chi connectivity index (χ1v) is 14.3. The number of hydrogen-bond donors (Lipinski definition) is 2. The van der Waals surface area contributed by atoms with E-state index in [9.17, 15) is 22.8 Å². The Morgan fingerprint density at radius 3 is 2.60 bits per heavy atom. The number of anilines is 2. The minimum Gasteiger partial charge on any atom is -0.378 e. The van der Waals surface area contributed by atoms with Gasteiger partial charge in [0.2, 0.25) is 5.95 Å². The number of benzene rings is 1. The van der Waals surface area contributed by atoms with Gasteiger partial charge in [-0.2, -0.15) is 13.2 Å². The lowest BCUT2D eigenvalue weighted by Gasteiger charge is -2.32. The summed E-state index contributed by atoms with van der Waals surface area (Å²) in [5, 5.41) is 5.12. The van der Waals surface area contributed by atoms with Crippen molar-refractivity contribution in [1.29, 1.82) is 0 Å². The first-order chi connectivity index (χ1) is 20.0. The molecule has 220 valence electrons. The van der Waals surface area contributed by atoms with Crippen LogP contribution < -0.4 is 20.4 Å². The molecule has 2 aliphatic rings. The summed E-state index contributed by atoms with van der Waals surface area (Å²) in [4.78, 5) is 40.9. The van der Waals surface area contributed by atoms with E-state index in [2.05, 4.69) is 30.5 Å². The second-order valence-electron chi connectivity index (χ2n) is 10.4. The highest BCUT2D eigenvalue weighted by atomic mass is 32.2. The van der Waals surface area contributed by atoms with E-state index < -0.39 is 22.9 Å². The summed E-state index contributed by atoms with van der Waals surface area (Å²) in [5.41, 5.74) is 1.95. The number of carbonyl (C=O) groups is 2. The van der Waals surface area contributed by atoms with E-state index in [1.165, 1.54) is 0 Å². The Morgan fingerprint density at radius 1 is 1.12 bits per heavy atom. The van der Waals surface area contributed by atoms with Gasteiger partial charge in [-0.05, 0) is 73.5 Å². The maximum Gasteiger partial charge on any atom is 0.416 e. The summed E-state index contributed by atoms with van der Waals surface area (Å²) in [5.74, 6) is 0.441. The highest BCUT2D eigenvalue weighted by molar-refractivity contribution is 8.18. The Labute approximate surface area is 245 Å². The Bertz CT molecular complexity index is 1500. The summed E-state index contributed by atoms with van der Waals surface area (Å²) in [6, 6.07) is 11.2. The lowest BCUT2D eigenvalue weighted by molar-refractivity contribution is -0.137. The molecule has 2 saturated heterocycles. The molecule has 9 nitrogen and oxygen atoms in total. The van der Waals surface area contributed by atoms with Crippen LogP contribution in [0.2, 0.25) is 0 Å². The van der Waals surface area contributed by atoms with Gasteiger partial charge in [0.25, 0.3) is 11.1 Å². The van der Waals surface area contributed by atoms with Crippen LogP contribution >= 0.6 is 11.8 Å². The van der Waals surface area contributed by atoms with Gasteiger partial charge < -0.3 is 15.1 Å². The summed E-state index contributed by atoms with van der Waals surface area (Å²) in [6.45, 7) is 2.30. The summed E-state index contributed by atoms with van der Waals surface area (Å²) >= 11 is 0.838. The molecule has 2 aromatic heterocycles. The highest BCUT2D eigenvalue weighted by Crippen LogP contribution is 2.33. The third-order valence-corrected chi connectivity index (χ3v) is 7.90. The monoisotopic (exact) mass is 597 g/mol. The molecule has 42 heavy (non-hydrogen) atoms. The number of hydrogen-bond acceptors (Lipinski definition) is 9. The zero-order chi connectivity index (χ0) is 29.9. The Balaban J connectivity index is 1.19. The number of piperidine rings is 1. The number of halogens is 3. The summed E-state index contributed by atoms with van der Waals surface area (Å²) < 4.78 is 41.1. The average Bonchev–Trinajstić information content (AvgIpc) is 3.28. The normalized spacial score (nSPS) is 17.2. The van der Waals surface area contributed by atoms with E-state index in [0.717, 1.165) is 42.4 Å². The molecule has 1 aromatic carbocycles. The largest absolute Gasteiger partial charge is 0.416 e. The van der Waals surface area contributed by atoms with Gasteiger partial charge in [0.1, 0.15) is 0 Å². The van der Waals surface area contributed by atoms with E-state index in [0.29, 0.717) is 53.4 Å². The van der Waals surface area contributed by atoms with Crippen LogP contribution in [-0.2, 0) is 17.5 Å². The van der Waals surface area contributed by atoms with Crippen LogP contribution in [0.1, 0.15) is 29.8 Å². The molecule has 0 radical (unpaired) electrons. The molecular weight excluding hydrogens is 567 g/mol. The lowest BCUT2D eigenvalue weighted by Crippen LogP contribution is -2.38. The first kappa shape index (κ1) is 29.5. The van der Waals surface area contributed by atoms with Crippen molar-refractivity contribution >= 4 is 40.6 Å². The second-order valence-corrected chi connectivity index (χ2v) is 11.4. The van der Waals surface area contributed by atoms with Gasteiger partial charge in [-0.15, -0.1) is 0 Å². The smallest absolute Gasteiger partial charge is 0.378 e. The van der Waals surface area contributed by atoms with Crippen LogP contribution in [0, 0.1) is 5.92 Å². The molecule has 13 heteroatoms. The molecule has 2 N–H and O–H groups in total. The number of imide groups is 1. The first-order valence-electron chi connectivity index (χ1n) is 13.4. The van der Waals surface area contributed by atoms with E-state index in [4.69, 9.17) is 0 Å². The topological polar surface area (TPSA) is 103 Å². The quantitative estimate of drug-likeness (QED) is 0.349. The zero-order valence-electron chi connectivity index (χ0n) is 23.1. The number of pyridine rings is 1. The Hall–Kier alpha value is -3.97. The Kier molecular flexibility index (Phi) is 8.78. The number of nitrogens with zero attached hydrogens (tertiary/aromatic N) is 5. The molecule has 0 aliphatic carbocycles. The van der Waals surface area contributed by atoms with Crippen LogP contribution in [0.15, 0.2) is 53.6 Å². The standard InChI is InChI=1S/C29H30F3N7O2S/c1-38(2)23-5-3-4-19(12-23)24-14-20(29(30,31)32)13-22(35-24)17-33-16-18-7-10-39(11-8-18)27-34-9-6-21(36-27)15-25-26(40)37-28(41)42-25/h3-6,9,12-15,18,33H,7-8,10-11,16-17H2,1-2H3,(H,37,40,41)/b25-15-. The molecule has 0 unspecified atom stereocenters. The summed E-state index contributed by atoms with van der Waals surface area (Å²) in [7, 11) is 3.75. The van der Waals surface area contributed by atoms with Crippen molar-refractivity contribution in [2.75, 3.05) is 43.5 Å². The lowest BCUT2D eigenvalue weighted by atomic mass is 9.97. The van der Waals surface area contributed by atoms with Crippen molar-refractivity contribution < 1.29 is 22.8 Å². The van der Waals surface area contributed by atoms with E-state index in [1.54, 1.807) is 24.4 Å². The third-order valence-electron chi connectivity index (χ3n) is 7.09. The predicted octanol–water partition coefficient (Wildman–Crippen LogP) is 4.95. The van der Waals surface area contributed by atoms with Gasteiger partial charge in [-0.3, -0.25) is 19.9 Å². The minimum atomic E-state index is -4.48. The number of carbonyl (C=O) groups excluding carboxylic acids is 2. The molecule has 2 amide bonds. The molecular formula is C29H30F3N7O2S. The molecule has 0 saturated carbocycles. The Morgan fingerprint density at radius 2 is 1.90 bits per heavy atom. The van der Waals surface area contributed by atoms with Crippen LogP contribution in [0.25, 0.3) is 17.3 Å².